The predicted molar refractivity (Wildman–Crippen MR) is 80.3 cm³/mol. The molecule has 0 aliphatic heterocycles. The van der Waals surface area contributed by atoms with E-state index in [-0.39, 0.29) is 5.41 Å². The van der Waals surface area contributed by atoms with Gasteiger partial charge in [-0.15, -0.1) is 0 Å². The van der Waals surface area contributed by atoms with Crippen molar-refractivity contribution in [2.45, 2.75) is 39.0 Å². The van der Waals surface area contributed by atoms with Crippen LogP contribution >= 0.6 is 0 Å². The second-order valence-electron chi connectivity index (χ2n) is 5.97. The molecule has 0 radical (unpaired) electrons. The molecular formula is C16H23N3. The lowest BCUT2D eigenvalue weighted by molar-refractivity contribution is 0.569. The Bertz CT molecular complexity index is 579. The second-order valence-corrected chi connectivity index (χ2v) is 5.97. The van der Waals surface area contributed by atoms with E-state index in [1.807, 2.05) is 24.4 Å². The first-order valence-corrected chi connectivity index (χ1v) is 6.72. The van der Waals surface area contributed by atoms with E-state index in [9.17, 15) is 0 Å². The molecule has 1 heterocycles. The molecule has 3 heteroatoms. The Morgan fingerprint density at radius 3 is 2.47 bits per heavy atom. The number of benzene rings is 1. The van der Waals surface area contributed by atoms with E-state index < -0.39 is 0 Å². The number of imidazole rings is 1. The smallest absolute Gasteiger partial charge is 0.111 e. The third-order valence-electron chi connectivity index (χ3n) is 3.79. The van der Waals surface area contributed by atoms with Crippen molar-refractivity contribution in [1.29, 1.82) is 0 Å². The van der Waals surface area contributed by atoms with E-state index in [2.05, 4.69) is 50.4 Å². The van der Waals surface area contributed by atoms with E-state index in [1.165, 1.54) is 11.3 Å². The molecule has 0 saturated heterocycles. The first-order chi connectivity index (χ1) is 8.84. The number of nitrogens with zero attached hydrogens (tertiary/aromatic N) is 2. The molecular weight excluding hydrogens is 234 g/mol. The molecule has 0 saturated carbocycles. The van der Waals surface area contributed by atoms with Gasteiger partial charge in [-0.2, -0.15) is 0 Å². The molecule has 0 atom stereocenters. The summed E-state index contributed by atoms with van der Waals surface area (Å²) in [4.78, 5) is 4.56. The molecule has 0 amide bonds. The Hall–Kier alpha value is -1.77. The van der Waals surface area contributed by atoms with Crippen molar-refractivity contribution in [3.8, 4) is 0 Å². The van der Waals surface area contributed by atoms with Gasteiger partial charge in [0.25, 0.3) is 0 Å². The highest BCUT2D eigenvalue weighted by Crippen LogP contribution is 2.33. The highest BCUT2D eigenvalue weighted by atomic mass is 15.1. The quantitative estimate of drug-likeness (QED) is 0.856. The van der Waals surface area contributed by atoms with Crippen LogP contribution in [0.2, 0.25) is 0 Å². The van der Waals surface area contributed by atoms with Crippen LogP contribution in [-0.4, -0.2) is 9.55 Å². The third-order valence-corrected chi connectivity index (χ3v) is 3.79. The topological polar surface area (TPSA) is 43.8 Å². The highest BCUT2D eigenvalue weighted by Gasteiger charge is 2.27. The molecule has 0 fully saturated rings. The average Bonchev–Trinajstić information content (AvgIpc) is 2.71. The van der Waals surface area contributed by atoms with Gasteiger partial charge in [-0.3, -0.25) is 0 Å². The monoisotopic (exact) mass is 257 g/mol. The van der Waals surface area contributed by atoms with Crippen LogP contribution in [0.25, 0.3) is 0 Å². The van der Waals surface area contributed by atoms with Crippen molar-refractivity contribution in [2.24, 2.45) is 7.05 Å². The standard InChI is InChI=1S/C16H23N3/c1-11(2)15-18-10-14(19(15)5)16(3,4)12-7-6-8-13(17)9-12/h6-11H,17H2,1-5H3. The van der Waals surface area contributed by atoms with Gasteiger partial charge in [-0.1, -0.05) is 39.8 Å². The molecule has 2 N–H and O–H groups in total. The Balaban J connectivity index is 2.50. The van der Waals surface area contributed by atoms with E-state index in [4.69, 9.17) is 5.73 Å². The minimum Gasteiger partial charge on any atom is -0.399 e. The van der Waals surface area contributed by atoms with Gasteiger partial charge in [-0.05, 0) is 17.7 Å². The maximum absolute atomic E-state index is 5.90. The molecule has 0 aliphatic rings. The van der Waals surface area contributed by atoms with Crippen LogP contribution in [0.15, 0.2) is 30.5 Å². The zero-order valence-corrected chi connectivity index (χ0v) is 12.4. The van der Waals surface area contributed by atoms with Crippen LogP contribution in [0.4, 0.5) is 5.69 Å². The van der Waals surface area contributed by atoms with Gasteiger partial charge in [-0.25, -0.2) is 4.98 Å². The van der Waals surface area contributed by atoms with Crippen molar-refractivity contribution in [3.05, 3.63) is 47.5 Å². The largest absolute Gasteiger partial charge is 0.399 e. The van der Waals surface area contributed by atoms with Crippen LogP contribution in [0.5, 0.6) is 0 Å². The summed E-state index contributed by atoms with van der Waals surface area (Å²) in [5.74, 6) is 1.54. The summed E-state index contributed by atoms with van der Waals surface area (Å²) in [5.41, 5.74) is 9.02. The van der Waals surface area contributed by atoms with Gasteiger partial charge < -0.3 is 10.3 Å². The number of anilines is 1. The number of rotatable bonds is 3. The van der Waals surface area contributed by atoms with Gasteiger partial charge in [0.1, 0.15) is 5.82 Å². The number of nitrogens with two attached hydrogens (primary N) is 1. The Labute approximate surface area is 115 Å². The maximum Gasteiger partial charge on any atom is 0.111 e. The van der Waals surface area contributed by atoms with Crippen LogP contribution in [0, 0.1) is 0 Å². The number of hydrogen-bond donors (Lipinski definition) is 1. The SMILES string of the molecule is CC(C)c1ncc(C(C)(C)c2cccc(N)c2)n1C. The molecule has 19 heavy (non-hydrogen) atoms. The molecule has 1 aromatic heterocycles. The fourth-order valence-corrected chi connectivity index (χ4v) is 2.62. The van der Waals surface area contributed by atoms with Crippen molar-refractivity contribution < 1.29 is 0 Å². The number of nitrogen functional groups attached to an aromatic ring is 1. The molecule has 2 rings (SSSR count). The predicted octanol–water partition coefficient (Wildman–Crippen LogP) is 3.45. The molecule has 0 unspecified atom stereocenters. The third kappa shape index (κ3) is 2.37. The molecule has 102 valence electrons. The molecule has 0 spiro atoms. The average molecular weight is 257 g/mol. The summed E-state index contributed by atoms with van der Waals surface area (Å²) in [6, 6.07) is 8.09. The molecule has 0 bridgehead atoms. The van der Waals surface area contributed by atoms with E-state index >= 15 is 0 Å². The zero-order chi connectivity index (χ0) is 14.2. The highest BCUT2D eigenvalue weighted by molar-refractivity contribution is 5.45. The van der Waals surface area contributed by atoms with E-state index in [0.29, 0.717) is 5.92 Å². The Morgan fingerprint density at radius 1 is 1.26 bits per heavy atom. The molecule has 0 aliphatic carbocycles. The van der Waals surface area contributed by atoms with E-state index in [0.717, 1.165) is 11.5 Å². The Morgan fingerprint density at radius 2 is 1.95 bits per heavy atom. The fourth-order valence-electron chi connectivity index (χ4n) is 2.62. The lowest BCUT2D eigenvalue weighted by atomic mass is 9.81. The molecule has 1 aromatic carbocycles. The second kappa shape index (κ2) is 4.72. The van der Waals surface area contributed by atoms with Gasteiger partial charge in [0.15, 0.2) is 0 Å². The van der Waals surface area contributed by atoms with Crippen molar-refractivity contribution >= 4 is 5.69 Å². The fraction of sp³-hybridized carbons (Fsp3) is 0.438. The summed E-state index contributed by atoms with van der Waals surface area (Å²) >= 11 is 0. The zero-order valence-electron chi connectivity index (χ0n) is 12.4. The van der Waals surface area contributed by atoms with Gasteiger partial charge in [0.05, 0.1) is 0 Å². The van der Waals surface area contributed by atoms with Crippen LogP contribution in [-0.2, 0) is 12.5 Å². The summed E-state index contributed by atoms with van der Waals surface area (Å²) in [5, 5.41) is 0. The molecule has 3 nitrogen and oxygen atoms in total. The lowest BCUT2D eigenvalue weighted by Crippen LogP contribution is -2.23. The summed E-state index contributed by atoms with van der Waals surface area (Å²) in [7, 11) is 2.09. The summed E-state index contributed by atoms with van der Waals surface area (Å²) in [6.07, 6.45) is 1.98. The van der Waals surface area contributed by atoms with Gasteiger partial charge >= 0.3 is 0 Å². The number of hydrogen-bond acceptors (Lipinski definition) is 2. The first-order valence-electron chi connectivity index (χ1n) is 6.72. The number of aromatic nitrogens is 2. The van der Waals surface area contributed by atoms with Gasteiger partial charge in [0.2, 0.25) is 0 Å². The summed E-state index contributed by atoms with van der Waals surface area (Å²) in [6.45, 7) is 8.75. The van der Waals surface area contributed by atoms with Crippen molar-refractivity contribution in [3.63, 3.8) is 0 Å². The Kier molecular flexibility index (Phi) is 3.40. The van der Waals surface area contributed by atoms with E-state index in [1.54, 1.807) is 0 Å². The van der Waals surface area contributed by atoms with Crippen molar-refractivity contribution in [1.82, 2.24) is 9.55 Å². The lowest BCUT2D eigenvalue weighted by Gasteiger charge is -2.26. The maximum atomic E-state index is 5.90. The minimum atomic E-state index is -0.107. The molecule has 2 aromatic rings. The normalized spacial score (nSPS) is 12.1. The minimum absolute atomic E-state index is 0.107. The van der Waals surface area contributed by atoms with Crippen LogP contribution < -0.4 is 5.73 Å². The van der Waals surface area contributed by atoms with Crippen LogP contribution in [0.1, 0.15) is 50.7 Å². The van der Waals surface area contributed by atoms with Gasteiger partial charge in [0, 0.05) is 36.0 Å². The van der Waals surface area contributed by atoms with Crippen molar-refractivity contribution in [2.75, 3.05) is 5.73 Å². The summed E-state index contributed by atoms with van der Waals surface area (Å²) < 4.78 is 2.20. The first kappa shape index (κ1) is 13.7. The van der Waals surface area contributed by atoms with Crippen LogP contribution in [0.3, 0.4) is 0 Å².